The molecular formula is C14H25ClN2O. The lowest BCUT2D eigenvalue weighted by atomic mass is 10.1. The van der Waals surface area contributed by atoms with E-state index in [2.05, 4.69) is 36.9 Å². The predicted molar refractivity (Wildman–Crippen MR) is 81.2 cm³/mol. The van der Waals surface area contributed by atoms with Crippen LogP contribution in [0.1, 0.15) is 26.3 Å². The van der Waals surface area contributed by atoms with E-state index in [0.29, 0.717) is 0 Å². The Balaban J connectivity index is 0.00000289. The number of benzene rings is 1. The average Bonchev–Trinajstić information content (AvgIpc) is 2.31. The van der Waals surface area contributed by atoms with Crippen LogP contribution >= 0.6 is 12.4 Å². The second kappa shape index (κ2) is 8.22. The highest BCUT2D eigenvalue weighted by atomic mass is 35.5. The van der Waals surface area contributed by atoms with E-state index in [0.717, 1.165) is 25.3 Å². The molecule has 4 heteroatoms. The summed E-state index contributed by atoms with van der Waals surface area (Å²) >= 11 is 0. The minimum atomic E-state index is 0. The molecule has 3 nitrogen and oxygen atoms in total. The summed E-state index contributed by atoms with van der Waals surface area (Å²) in [5.74, 6) is 0.937. The van der Waals surface area contributed by atoms with Gasteiger partial charge in [-0.2, -0.15) is 0 Å². The molecule has 0 saturated heterocycles. The smallest absolute Gasteiger partial charge is 0.124 e. The summed E-state index contributed by atoms with van der Waals surface area (Å²) in [5, 5.41) is 0. The molecule has 0 saturated carbocycles. The van der Waals surface area contributed by atoms with Crippen molar-refractivity contribution in [3.63, 3.8) is 0 Å². The highest BCUT2D eigenvalue weighted by molar-refractivity contribution is 5.85. The molecular weight excluding hydrogens is 248 g/mol. The van der Waals surface area contributed by atoms with Crippen molar-refractivity contribution >= 4 is 18.1 Å². The largest absolute Gasteiger partial charge is 0.496 e. The first-order valence-electron chi connectivity index (χ1n) is 6.29. The van der Waals surface area contributed by atoms with E-state index in [-0.39, 0.29) is 18.4 Å². The van der Waals surface area contributed by atoms with E-state index < -0.39 is 0 Å². The molecule has 0 aliphatic carbocycles. The quantitative estimate of drug-likeness (QED) is 0.865. The number of halogens is 1. The molecule has 1 unspecified atom stereocenters. The Morgan fingerprint density at radius 3 is 2.33 bits per heavy atom. The third kappa shape index (κ3) is 4.39. The third-order valence-electron chi connectivity index (χ3n) is 2.94. The van der Waals surface area contributed by atoms with Crippen LogP contribution in [0.2, 0.25) is 0 Å². The van der Waals surface area contributed by atoms with Crippen molar-refractivity contribution < 1.29 is 4.74 Å². The molecule has 18 heavy (non-hydrogen) atoms. The fraction of sp³-hybridized carbons (Fsp3) is 0.571. The SMILES string of the molecule is CCN(CC)c1ccc(CC(C)N)c(OC)c1.Cl. The Bertz CT molecular complexity index is 352. The minimum absolute atomic E-state index is 0. The molecule has 1 rings (SSSR count). The molecule has 0 bridgehead atoms. The lowest BCUT2D eigenvalue weighted by Gasteiger charge is -2.22. The molecule has 104 valence electrons. The minimum Gasteiger partial charge on any atom is -0.496 e. The summed E-state index contributed by atoms with van der Waals surface area (Å²) in [6, 6.07) is 6.52. The van der Waals surface area contributed by atoms with Crippen LogP contribution in [0.15, 0.2) is 18.2 Å². The molecule has 0 aliphatic heterocycles. The van der Waals surface area contributed by atoms with Gasteiger partial charge in [-0.1, -0.05) is 6.07 Å². The molecule has 0 spiro atoms. The average molecular weight is 273 g/mol. The summed E-state index contributed by atoms with van der Waals surface area (Å²) in [6.07, 6.45) is 0.849. The van der Waals surface area contributed by atoms with Gasteiger partial charge in [-0.05, 0) is 38.8 Å². The lowest BCUT2D eigenvalue weighted by Crippen LogP contribution is -2.22. The Kier molecular flexibility index (Phi) is 7.80. The van der Waals surface area contributed by atoms with Gasteiger partial charge in [0, 0.05) is 30.9 Å². The van der Waals surface area contributed by atoms with Crippen molar-refractivity contribution in [2.75, 3.05) is 25.1 Å². The van der Waals surface area contributed by atoms with E-state index in [1.54, 1.807) is 7.11 Å². The molecule has 0 heterocycles. The maximum atomic E-state index is 5.83. The third-order valence-corrected chi connectivity index (χ3v) is 2.94. The topological polar surface area (TPSA) is 38.5 Å². The van der Waals surface area contributed by atoms with Crippen LogP contribution in [0.3, 0.4) is 0 Å². The van der Waals surface area contributed by atoms with Gasteiger partial charge in [0.1, 0.15) is 5.75 Å². The van der Waals surface area contributed by atoms with Gasteiger partial charge in [0.05, 0.1) is 7.11 Å². The first-order chi connectivity index (χ1) is 8.12. The Morgan fingerprint density at radius 1 is 1.28 bits per heavy atom. The number of rotatable bonds is 6. The summed E-state index contributed by atoms with van der Waals surface area (Å²) in [6.45, 7) is 8.34. The van der Waals surface area contributed by atoms with Crippen LogP contribution < -0.4 is 15.4 Å². The van der Waals surface area contributed by atoms with Gasteiger partial charge in [0.15, 0.2) is 0 Å². The molecule has 0 amide bonds. The number of anilines is 1. The summed E-state index contributed by atoms with van der Waals surface area (Å²) < 4.78 is 5.44. The number of nitrogens with zero attached hydrogens (tertiary/aromatic N) is 1. The van der Waals surface area contributed by atoms with Crippen LogP contribution in [0.4, 0.5) is 5.69 Å². The van der Waals surface area contributed by atoms with E-state index in [9.17, 15) is 0 Å². The van der Waals surface area contributed by atoms with Gasteiger partial charge in [0.2, 0.25) is 0 Å². The van der Waals surface area contributed by atoms with Crippen molar-refractivity contribution in [1.29, 1.82) is 0 Å². The lowest BCUT2D eigenvalue weighted by molar-refractivity contribution is 0.408. The van der Waals surface area contributed by atoms with Crippen molar-refractivity contribution in [2.45, 2.75) is 33.2 Å². The van der Waals surface area contributed by atoms with E-state index in [1.807, 2.05) is 6.92 Å². The number of nitrogens with two attached hydrogens (primary N) is 1. The predicted octanol–water partition coefficient (Wildman–Crippen LogP) is 2.85. The van der Waals surface area contributed by atoms with E-state index >= 15 is 0 Å². The van der Waals surface area contributed by atoms with Crippen molar-refractivity contribution in [3.05, 3.63) is 23.8 Å². The van der Waals surface area contributed by atoms with Crippen LogP contribution in [0.5, 0.6) is 5.75 Å². The molecule has 1 aromatic carbocycles. The fourth-order valence-electron chi connectivity index (χ4n) is 2.03. The van der Waals surface area contributed by atoms with Crippen LogP contribution in [0, 0.1) is 0 Å². The molecule has 0 radical (unpaired) electrons. The monoisotopic (exact) mass is 272 g/mol. The highest BCUT2D eigenvalue weighted by Gasteiger charge is 2.09. The summed E-state index contributed by atoms with van der Waals surface area (Å²) in [4.78, 5) is 2.30. The van der Waals surface area contributed by atoms with Gasteiger partial charge in [-0.3, -0.25) is 0 Å². The summed E-state index contributed by atoms with van der Waals surface area (Å²) in [5.41, 5.74) is 8.22. The standard InChI is InChI=1S/C14H24N2O.ClH/c1-5-16(6-2)13-8-7-12(9-11(3)15)14(10-13)17-4;/h7-8,10-11H,5-6,9,15H2,1-4H3;1H. The van der Waals surface area contributed by atoms with Crippen LogP contribution in [-0.4, -0.2) is 26.2 Å². The Labute approximate surface area is 117 Å². The molecule has 2 N–H and O–H groups in total. The first-order valence-corrected chi connectivity index (χ1v) is 6.29. The zero-order valence-corrected chi connectivity index (χ0v) is 12.6. The van der Waals surface area contributed by atoms with Gasteiger partial charge < -0.3 is 15.4 Å². The molecule has 1 atom stereocenters. The van der Waals surface area contributed by atoms with Crippen molar-refractivity contribution in [2.24, 2.45) is 5.73 Å². The molecule has 0 aromatic heterocycles. The zero-order valence-electron chi connectivity index (χ0n) is 11.8. The number of hydrogen-bond acceptors (Lipinski definition) is 3. The Morgan fingerprint density at radius 2 is 1.89 bits per heavy atom. The molecule has 0 aliphatic rings. The first kappa shape index (κ1) is 17.1. The maximum Gasteiger partial charge on any atom is 0.124 e. The number of ether oxygens (including phenoxy) is 1. The number of hydrogen-bond donors (Lipinski definition) is 1. The highest BCUT2D eigenvalue weighted by Crippen LogP contribution is 2.26. The summed E-state index contributed by atoms with van der Waals surface area (Å²) in [7, 11) is 1.71. The normalized spacial score (nSPS) is 11.6. The van der Waals surface area contributed by atoms with Gasteiger partial charge in [-0.25, -0.2) is 0 Å². The zero-order chi connectivity index (χ0) is 12.8. The van der Waals surface area contributed by atoms with Crippen LogP contribution in [0.25, 0.3) is 0 Å². The van der Waals surface area contributed by atoms with Gasteiger partial charge >= 0.3 is 0 Å². The van der Waals surface area contributed by atoms with Crippen LogP contribution in [-0.2, 0) is 6.42 Å². The van der Waals surface area contributed by atoms with Crippen molar-refractivity contribution in [3.8, 4) is 5.75 Å². The number of methoxy groups -OCH3 is 1. The van der Waals surface area contributed by atoms with E-state index in [1.165, 1.54) is 11.3 Å². The second-order valence-corrected chi connectivity index (χ2v) is 4.35. The molecule has 1 aromatic rings. The van der Waals surface area contributed by atoms with E-state index in [4.69, 9.17) is 10.5 Å². The maximum absolute atomic E-state index is 5.83. The Hall–Kier alpha value is -0.930. The molecule has 0 fully saturated rings. The van der Waals surface area contributed by atoms with Gasteiger partial charge in [0.25, 0.3) is 0 Å². The van der Waals surface area contributed by atoms with Gasteiger partial charge in [-0.15, -0.1) is 12.4 Å². The van der Waals surface area contributed by atoms with Crippen molar-refractivity contribution in [1.82, 2.24) is 0 Å². The second-order valence-electron chi connectivity index (χ2n) is 4.35. The fourth-order valence-corrected chi connectivity index (χ4v) is 2.03.